The Morgan fingerprint density at radius 2 is 1.85 bits per heavy atom. The number of halogens is 1. The molecule has 1 unspecified atom stereocenters. The molecule has 106 valence electrons. The molecule has 0 fully saturated rings. The van der Waals surface area contributed by atoms with Crippen LogP contribution < -0.4 is 11.3 Å². The minimum absolute atomic E-state index is 0.0166. The van der Waals surface area contributed by atoms with Crippen LogP contribution >= 0.6 is 11.6 Å². The summed E-state index contributed by atoms with van der Waals surface area (Å²) in [5, 5.41) is 0.792. The summed E-state index contributed by atoms with van der Waals surface area (Å²) >= 11 is 6.41. The largest absolute Gasteiger partial charge is 0.271 e. The fourth-order valence-corrected chi connectivity index (χ4v) is 2.70. The fraction of sp³-hybridized carbons (Fsp3) is 0.294. The fourth-order valence-electron chi connectivity index (χ4n) is 2.44. The Balaban J connectivity index is 2.34. The average Bonchev–Trinajstić information content (AvgIpc) is 2.43. The minimum atomic E-state index is 0.0166. The lowest BCUT2D eigenvalue weighted by atomic mass is 9.94. The molecule has 3 N–H and O–H groups in total. The normalized spacial score (nSPS) is 12.4. The van der Waals surface area contributed by atoms with E-state index in [2.05, 4.69) is 37.5 Å². The smallest absolute Gasteiger partial charge is 0.0515 e. The van der Waals surface area contributed by atoms with E-state index in [1.807, 2.05) is 25.1 Å². The summed E-state index contributed by atoms with van der Waals surface area (Å²) in [6.45, 7) is 6.24. The quantitative estimate of drug-likeness (QED) is 0.659. The Morgan fingerprint density at radius 3 is 2.55 bits per heavy atom. The van der Waals surface area contributed by atoms with Crippen LogP contribution in [0, 0.1) is 20.8 Å². The van der Waals surface area contributed by atoms with Crippen LogP contribution in [0.4, 0.5) is 0 Å². The van der Waals surface area contributed by atoms with E-state index >= 15 is 0 Å². The highest BCUT2D eigenvalue weighted by Gasteiger charge is 2.16. The second kappa shape index (κ2) is 6.40. The van der Waals surface area contributed by atoms with E-state index in [4.69, 9.17) is 17.4 Å². The third kappa shape index (κ3) is 3.21. The second-order valence-electron chi connectivity index (χ2n) is 5.33. The molecular formula is C17H21ClN2. The van der Waals surface area contributed by atoms with E-state index in [-0.39, 0.29) is 6.04 Å². The summed E-state index contributed by atoms with van der Waals surface area (Å²) in [6.07, 6.45) is 0.827. The first kappa shape index (κ1) is 15.0. The molecule has 0 bridgehead atoms. The third-order valence-electron chi connectivity index (χ3n) is 3.73. The number of nitrogens with one attached hydrogen (secondary N) is 1. The Kier molecular flexibility index (Phi) is 4.81. The lowest BCUT2D eigenvalue weighted by Crippen LogP contribution is -2.30. The Morgan fingerprint density at radius 1 is 1.10 bits per heavy atom. The summed E-state index contributed by atoms with van der Waals surface area (Å²) in [5.41, 5.74) is 8.86. The molecule has 0 saturated heterocycles. The number of nitrogens with two attached hydrogens (primary N) is 1. The highest BCUT2D eigenvalue weighted by molar-refractivity contribution is 6.32. The molecule has 0 heterocycles. The predicted octanol–water partition coefficient (Wildman–Crippen LogP) is 4.01. The van der Waals surface area contributed by atoms with Gasteiger partial charge in [-0.3, -0.25) is 11.3 Å². The van der Waals surface area contributed by atoms with E-state index in [0.29, 0.717) is 0 Å². The van der Waals surface area contributed by atoms with Gasteiger partial charge in [0.2, 0.25) is 0 Å². The number of aryl methyl sites for hydroxylation is 3. The van der Waals surface area contributed by atoms with Gasteiger partial charge in [0.1, 0.15) is 0 Å². The number of hydrogen-bond acceptors (Lipinski definition) is 2. The molecule has 0 amide bonds. The van der Waals surface area contributed by atoms with Gasteiger partial charge in [0.05, 0.1) is 6.04 Å². The molecule has 2 rings (SSSR count). The first-order valence-electron chi connectivity index (χ1n) is 6.80. The predicted molar refractivity (Wildman–Crippen MR) is 85.9 cm³/mol. The van der Waals surface area contributed by atoms with Crippen molar-refractivity contribution in [2.24, 2.45) is 5.84 Å². The molecular weight excluding hydrogens is 268 g/mol. The van der Waals surface area contributed by atoms with Crippen LogP contribution in [0.15, 0.2) is 36.4 Å². The van der Waals surface area contributed by atoms with Crippen molar-refractivity contribution in [1.82, 2.24) is 5.43 Å². The van der Waals surface area contributed by atoms with E-state index < -0.39 is 0 Å². The van der Waals surface area contributed by atoms with Gasteiger partial charge in [-0.15, -0.1) is 0 Å². The van der Waals surface area contributed by atoms with Crippen molar-refractivity contribution in [2.45, 2.75) is 33.2 Å². The van der Waals surface area contributed by atoms with Crippen molar-refractivity contribution in [3.63, 3.8) is 0 Å². The summed E-state index contributed by atoms with van der Waals surface area (Å²) in [7, 11) is 0. The number of benzene rings is 2. The molecule has 0 aromatic heterocycles. The third-order valence-corrected chi connectivity index (χ3v) is 4.24. The first-order chi connectivity index (χ1) is 9.52. The van der Waals surface area contributed by atoms with Crippen LogP contribution in [-0.4, -0.2) is 0 Å². The van der Waals surface area contributed by atoms with Gasteiger partial charge < -0.3 is 0 Å². The van der Waals surface area contributed by atoms with Gasteiger partial charge in [-0.2, -0.15) is 0 Å². The number of rotatable bonds is 4. The molecule has 0 saturated carbocycles. The molecule has 0 radical (unpaired) electrons. The van der Waals surface area contributed by atoms with Crippen LogP contribution in [0.3, 0.4) is 0 Å². The maximum Gasteiger partial charge on any atom is 0.0515 e. The van der Waals surface area contributed by atoms with Crippen molar-refractivity contribution in [1.29, 1.82) is 0 Å². The Labute approximate surface area is 125 Å². The molecule has 0 aliphatic rings. The summed E-state index contributed by atoms with van der Waals surface area (Å²) in [5.74, 6) is 5.75. The zero-order valence-corrected chi connectivity index (χ0v) is 13.0. The lowest BCUT2D eigenvalue weighted by molar-refractivity contribution is 0.550. The van der Waals surface area contributed by atoms with Gasteiger partial charge in [0.25, 0.3) is 0 Å². The maximum atomic E-state index is 6.41. The van der Waals surface area contributed by atoms with E-state index in [1.165, 1.54) is 16.7 Å². The van der Waals surface area contributed by atoms with Crippen LogP contribution in [0.2, 0.25) is 5.02 Å². The van der Waals surface area contributed by atoms with E-state index in [1.54, 1.807) is 0 Å². The standard InChI is InChI=1S/C17H21ClN2/c1-11-7-8-12(2)14(9-11)10-16(20-19)15-6-4-5-13(3)17(15)18/h4-9,16,20H,10,19H2,1-3H3. The summed E-state index contributed by atoms with van der Waals surface area (Å²) in [4.78, 5) is 0. The van der Waals surface area contributed by atoms with Crippen molar-refractivity contribution < 1.29 is 0 Å². The highest BCUT2D eigenvalue weighted by Crippen LogP contribution is 2.28. The Bertz CT molecular complexity index is 608. The first-order valence-corrected chi connectivity index (χ1v) is 7.18. The molecule has 0 aliphatic heterocycles. The molecule has 0 aliphatic carbocycles. The maximum absolute atomic E-state index is 6.41. The Hall–Kier alpha value is -1.35. The summed E-state index contributed by atoms with van der Waals surface area (Å²) < 4.78 is 0. The topological polar surface area (TPSA) is 38.0 Å². The highest BCUT2D eigenvalue weighted by atomic mass is 35.5. The van der Waals surface area contributed by atoms with Gasteiger partial charge in [0.15, 0.2) is 0 Å². The van der Waals surface area contributed by atoms with Crippen molar-refractivity contribution >= 4 is 11.6 Å². The van der Waals surface area contributed by atoms with Crippen LogP contribution in [-0.2, 0) is 6.42 Å². The zero-order chi connectivity index (χ0) is 14.7. The molecule has 20 heavy (non-hydrogen) atoms. The number of hydrogen-bond donors (Lipinski definition) is 2. The van der Waals surface area contributed by atoms with Crippen molar-refractivity contribution in [3.8, 4) is 0 Å². The summed E-state index contributed by atoms with van der Waals surface area (Å²) in [6, 6.07) is 12.6. The van der Waals surface area contributed by atoms with Gasteiger partial charge in [-0.25, -0.2) is 0 Å². The lowest BCUT2D eigenvalue weighted by Gasteiger charge is -2.20. The zero-order valence-electron chi connectivity index (χ0n) is 12.2. The SMILES string of the molecule is Cc1ccc(C)c(CC(NN)c2cccc(C)c2Cl)c1. The van der Waals surface area contributed by atoms with Crippen LogP contribution in [0.1, 0.15) is 33.9 Å². The molecule has 2 aromatic rings. The molecule has 0 spiro atoms. The molecule has 2 aromatic carbocycles. The van der Waals surface area contributed by atoms with Crippen molar-refractivity contribution in [3.05, 3.63) is 69.2 Å². The average molecular weight is 289 g/mol. The molecule has 3 heteroatoms. The van der Waals surface area contributed by atoms with Gasteiger partial charge in [-0.05, 0) is 49.4 Å². The van der Waals surface area contributed by atoms with Crippen LogP contribution in [0.5, 0.6) is 0 Å². The van der Waals surface area contributed by atoms with Gasteiger partial charge in [0, 0.05) is 5.02 Å². The monoisotopic (exact) mass is 288 g/mol. The minimum Gasteiger partial charge on any atom is -0.271 e. The van der Waals surface area contributed by atoms with Gasteiger partial charge >= 0.3 is 0 Å². The van der Waals surface area contributed by atoms with Crippen LogP contribution in [0.25, 0.3) is 0 Å². The van der Waals surface area contributed by atoms with E-state index in [0.717, 1.165) is 22.6 Å². The molecule has 2 nitrogen and oxygen atoms in total. The van der Waals surface area contributed by atoms with Crippen molar-refractivity contribution in [2.75, 3.05) is 0 Å². The van der Waals surface area contributed by atoms with E-state index in [9.17, 15) is 0 Å². The number of hydrazine groups is 1. The second-order valence-corrected chi connectivity index (χ2v) is 5.71. The molecule has 1 atom stereocenters. The van der Waals surface area contributed by atoms with Gasteiger partial charge in [-0.1, -0.05) is 53.6 Å².